The van der Waals surface area contributed by atoms with Crippen LogP contribution in [0.4, 0.5) is 13.2 Å². The van der Waals surface area contributed by atoms with Crippen molar-refractivity contribution in [3.63, 3.8) is 0 Å². The molecule has 0 bridgehead atoms. The monoisotopic (exact) mass is 319 g/mol. The quantitative estimate of drug-likeness (QED) is 0.837. The Hall–Kier alpha value is -0.820. The molecule has 2 unspecified atom stereocenters. The molecule has 3 rings (SSSR count). The third-order valence-corrected chi connectivity index (χ3v) is 5.73. The van der Waals surface area contributed by atoms with Gasteiger partial charge in [0.1, 0.15) is 6.04 Å². The van der Waals surface area contributed by atoms with Crippen molar-refractivity contribution in [1.29, 1.82) is 0 Å². The number of hydrogen-bond acceptors (Lipinski definition) is 3. The third-order valence-electron chi connectivity index (χ3n) is 5.73. The van der Waals surface area contributed by atoms with Crippen LogP contribution in [0.1, 0.15) is 26.2 Å². The number of rotatable bonds is 2. The van der Waals surface area contributed by atoms with Crippen LogP contribution in [-0.4, -0.2) is 67.2 Å². The average Bonchev–Trinajstić information content (AvgIpc) is 3.19. The zero-order valence-electron chi connectivity index (χ0n) is 13.0. The molecule has 2 saturated heterocycles. The number of halogens is 3. The Bertz CT molecular complexity index is 426. The molecule has 126 valence electrons. The molecule has 22 heavy (non-hydrogen) atoms. The van der Waals surface area contributed by atoms with Gasteiger partial charge in [-0.2, -0.15) is 13.2 Å². The molecule has 2 heterocycles. The van der Waals surface area contributed by atoms with Crippen LogP contribution in [-0.2, 0) is 4.79 Å². The van der Waals surface area contributed by atoms with Crippen molar-refractivity contribution in [3.05, 3.63) is 0 Å². The number of nitrogens with zero attached hydrogens (tertiary/aromatic N) is 2. The van der Waals surface area contributed by atoms with E-state index in [1.54, 1.807) is 4.90 Å². The highest BCUT2D eigenvalue weighted by molar-refractivity contribution is 5.83. The van der Waals surface area contributed by atoms with E-state index in [1.165, 1.54) is 11.8 Å². The summed E-state index contributed by atoms with van der Waals surface area (Å²) in [5.74, 6) is 0.280. The fourth-order valence-electron chi connectivity index (χ4n) is 3.93. The molecule has 1 amide bonds. The summed E-state index contributed by atoms with van der Waals surface area (Å²) in [7, 11) is 0. The third kappa shape index (κ3) is 2.97. The predicted molar refractivity (Wildman–Crippen MR) is 76.3 cm³/mol. The summed E-state index contributed by atoms with van der Waals surface area (Å²) in [5, 5.41) is 3.31. The maximum atomic E-state index is 12.7. The maximum absolute atomic E-state index is 12.7. The largest absolute Gasteiger partial charge is 0.403 e. The highest BCUT2D eigenvalue weighted by Crippen LogP contribution is 2.59. The fraction of sp³-hybridized carbons (Fsp3) is 0.933. The first-order valence-electron chi connectivity index (χ1n) is 8.14. The molecule has 0 radical (unpaired) electrons. The van der Waals surface area contributed by atoms with E-state index in [0.717, 1.165) is 32.4 Å². The minimum Gasteiger partial charge on any atom is -0.340 e. The molecular weight excluding hydrogens is 295 g/mol. The van der Waals surface area contributed by atoms with E-state index in [-0.39, 0.29) is 17.2 Å². The van der Waals surface area contributed by atoms with Crippen molar-refractivity contribution < 1.29 is 18.0 Å². The second-order valence-electron chi connectivity index (χ2n) is 6.95. The lowest BCUT2D eigenvalue weighted by molar-refractivity contribution is -0.183. The number of piperidine rings is 1. The zero-order valence-corrected chi connectivity index (χ0v) is 13.0. The van der Waals surface area contributed by atoms with Gasteiger partial charge in [0.2, 0.25) is 5.91 Å². The molecule has 0 aromatic heterocycles. The van der Waals surface area contributed by atoms with Crippen molar-refractivity contribution in [3.8, 4) is 0 Å². The fourth-order valence-corrected chi connectivity index (χ4v) is 3.93. The van der Waals surface area contributed by atoms with E-state index < -0.39 is 12.2 Å². The molecule has 0 aromatic carbocycles. The highest BCUT2D eigenvalue weighted by atomic mass is 19.4. The smallest absolute Gasteiger partial charge is 0.340 e. The number of amides is 1. The minimum absolute atomic E-state index is 0.112. The summed E-state index contributed by atoms with van der Waals surface area (Å²) >= 11 is 0. The lowest BCUT2D eigenvalue weighted by atomic mass is 9.91. The van der Waals surface area contributed by atoms with Crippen molar-refractivity contribution in [1.82, 2.24) is 15.1 Å². The Labute approximate surface area is 129 Å². The zero-order chi connectivity index (χ0) is 16.0. The Morgan fingerprint density at radius 2 is 1.77 bits per heavy atom. The molecule has 7 heteroatoms. The molecule has 1 N–H and O–H groups in total. The first-order chi connectivity index (χ1) is 10.3. The normalized spacial score (nSPS) is 30.4. The van der Waals surface area contributed by atoms with Gasteiger partial charge in [-0.25, -0.2) is 0 Å². The van der Waals surface area contributed by atoms with E-state index in [9.17, 15) is 18.0 Å². The molecular formula is C15H24F3N3O. The van der Waals surface area contributed by atoms with Crippen LogP contribution in [0.5, 0.6) is 0 Å². The van der Waals surface area contributed by atoms with Gasteiger partial charge in [0, 0.05) is 32.1 Å². The standard InChI is InChI=1S/C15H24F3N3O/c1-11(15(16,17)18)20-6-8-21(9-7-20)13(22)12-10-14(12)2-4-19-5-3-14/h11-12,19H,2-10H2,1H3. The van der Waals surface area contributed by atoms with Gasteiger partial charge in [-0.3, -0.25) is 9.69 Å². The van der Waals surface area contributed by atoms with Gasteiger partial charge >= 0.3 is 6.18 Å². The SMILES string of the molecule is CC(N1CCN(C(=O)C2CC23CCNCC3)CC1)C(F)(F)F. The summed E-state index contributed by atoms with van der Waals surface area (Å²) in [6.07, 6.45) is -1.13. The van der Waals surface area contributed by atoms with Gasteiger partial charge in [-0.15, -0.1) is 0 Å². The van der Waals surface area contributed by atoms with Gasteiger partial charge in [-0.05, 0) is 44.7 Å². The van der Waals surface area contributed by atoms with Gasteiger partial charge in [0.05, 0.1) is 0 Å². The number of piperazine rings is 1. The first-order valence-corrected chi connectivity index (χ1v) is 8.14. The molecule has 1 aliphatic carbocycles. The predicted octanol–water partition coefficient (Wildman–Crippen LogP) is 1.47. The van der Waals surface area contributed by atoms with Crippen LogP contribution in [0.25, 0.3) is 0 Å². The Kier molecular flexibility index (Phi) is 4.14. The van der Waals surface area contributed by atoms with Crippen LogP contribution in [0.15, 0.2) is 0 Å². The Morgan fingerprint density at radius 1 is 1.18 bits per heavy atom. The number of carbonyl (C=O) groups is 1. The van der Waals surface area contributed by atoms with Gasteiger partial charge < -0.3 is 10.2 Å². The molecule has 1 spiro atoms. The van der Waals surface area contributed by atoms with Crippen LogP contribution in [0, 0.1) is 11.3 Å². The minimum atomic E-state index is -4.19. The lowest BCUT2D eigenvalue weighted by Gasteiger charge is -2.39. The molecule has 4 nitrogen and oxygen atoms in total. The van der Waals surface area contributed by atoms with Crippen LogP contribution >= 0.6 is 0 Å². The van der Waals surface area contributed by atoms with Gasteiger partial charge in [-0.1, -0.05) is 0 Å². The molecule has 3 aliphatic rings. The summed E-state index contributed by atoms with van der Waals surface area (Å²) in [6, 6.07) is -1.43. The van der Waals surface area contributed by atoms with Gasteiger partial charge in [0.25, 0.3) is 0 Å². The lowest BCUT2D eigenvalue weighted by Crippen LogP contribution is -2.55. The van der Waals surface area contributed by atoms with E-state index in [1.807, 2.05) is 0 Å². The number of hydrogen-bond donors (Lipinski definition) is 1. The van der Waals surface area contributed by atoms with Crippen LogP contribution in [0.2, 0.25) is 0 Å². The van der Waals surface area contributed by atoms with Crippen molar-refractivity contribution in [2.24, 2.45) is 11.3 Å². The van der Waals surface area contributed by atoms with E-state index in [2.05, 4.69) is 5.32 Å². The summed E-state index contributed by atoms with van der Waals surface area (Å²) in [6.45, 7) is 4.61. The Morgan fingerprint density at radius 3 is 2.32 bits per heavy atom. The van der Waals surface area contributed by atoms with Crippen LogP contribution in [0.3, 0.4) is 0 Å². The molecule has 1 saturated carbocycles. The summed E-state index contributed by atoms with van der Waals surface area (Å²) in [5.41, 5.74) is 0.193. The van der Waals surface area contributed by atoms with Gasteiger partial charge in [0.15, 0.2) is 0 Å². The van der Waals surface area contributed by atoms with Crippen molar-refractivity contribution in [2.75, 3.05) is 39.3 Å². The molecule has 2 aliphatic heterocycles. The summed E-state index contributed by atoms with van der Waals surface area (Å²) in [4.78, 5) is 15.8. The second-order valence-corrected chi connectivity index (χ2v) is 6.95. The molecule has 2 atom stereocenters. The summed E-state index contributed by atoms with van der Waals surface area (Å²) < 4.78 is 38.2. The molecule has 0 aromatic rings. The topological polar surface area (TPSA) is 35.6 Å². The van der Waals surface area contributed by atoms with Crippen molar-refractivity contribution in [2.45, 2.75) is 38.4 Å². The van der Waals surface area contributed by atoms with E-state index in [4.69, 9.17) is 0 Å². The maximum Gasteiger partial charge on any atom is 0.403 e. The van der Waals surface area contributed by atoms with Crippen LogP contribution < -0.4 is 5.32 Å². The number of alkyl halides is 3. The molecule has 3 fully saturated rings. The number of nitrogens with one attached hydrogen (secondary N) is 1. The second kappa shape index (κ2) is 5.67. The Balaban J connectivity index is 1.51. The van der Waals surface area contributed by atoms with E-state index >= 15 is 0 Å². The highest BCUT2D eigenvalue weighted by Gasteiger charge is 2.58. The first kappa shape index (κ1) is 16.1. The number of carbonyl (C=O) groups excluding carboxylic acids is 1. The van der Waals surface area contributed by atoms with E-state index in [0.29, 0.717) is 26.2 Å². The van der Waals surface area contributed by atoms with Crippen molar-refractivity contribution >= 4 is 5.91 Å². The average molecular weight is 319 g/mol.